The van der Waals surface area contributed by atoms with Crippen molar-refractivity contribution in [2.45, 2.75) is 104 Å². The van der Waals surface area contributed by atoms with Crippen molar-refractivity contribution in [1.29, 1.82) is 0 Å². The molecule has 0 spiro atoms. The molecule has 0 aliphatic heterocycles. The fourth-order valence-corrected chi connectivity index (χ4v) is 3.58. The van der Waals surface area contributed by atoms with E-state index in [4.69, 9.17) is 4.74 Å². The van der Waals surface area contributed by atoms with Crippen LogP contribution in [0.25, 0.3) is 0 Å². The topological polar surface area (TPSA) is 109 Å². The zero-order valence-electron chi connectivity index (χ0n) is 21.4. The number of carbonyl (C=O) groups excluding carboxylic acids is 3. The second-order valence-corrected chi connectivity index (χ2v) is 8.72. The third kappa shape index (κ3) is 20.4. The molecule has 4 N–H and O–H groups in total. The molecule has 1 unspecified atom stereocenters. The van der Waals surface area contributed by atoms with Crippen LogP contribution in [-0.2, 0) is 9.53 Å². The van der Waals surface area contributed by atoms with Gasteiger partial charge in [0.2, 0.25) is 0 Å². The Kier molecular flexibility index (Phi) is 21.8. The van der Waals surface area contributed by atoms with Gasteiger partial charge < -0.3 is 26.0 Å². The second-order valence-electron chi connectivity index (χ2n) is 8.72. The van der Waals surface area contributed by atoms with Crippen LogP contribution >= 0.6 is 0 Å². The maximum atomic E-state index is 12.0. The van der Waals surface area contributed by atoms with Crippen molar-refractivity contribution >= 4 is 18.0 Å². The van der Waals surface area contributed by atoms with Gasteiger partial charge >= 0.3 is 18.0 Å². The van der Waals surface area contributed by atoms with Crippen LogP contribution in [0.5, 0.6) is 0 Å². The van der Waals surface area contributed by atoms with Crippen LogP contribution in [0.3, 0.4) is 0 Å². The fourth-order valence-electron chi connectivity index (χ4n) is 3.58. The molecule has 0 aromatic heterocycles. The smallest absolute Gasteiger partial charge is 0.314 e. The van der Waals surface area contributed by atoms with Crippen molar-refractivity contribution in [3.8, 4) is 0 Å². The number of urea groups is 2. The van der Waals surface area contributed by atoms with Crippen LogP contribution in [0.1, 0.15) is 104 Å². The fraction of sp³-hybridized carbons (Fsp3) is 0.880. The van der Waals surface area contributed by atoms with E-state index in [1.807, 2.05) is 0 Å². The Bertz CT molecular complexity index is 503. The minimum atomic E-state index is -0.428. The van der Waals surface area contributed by atoms with Gasteiger partial charge in [0.1, 0.15) is 0 Å². The lowest BCUT2D eigenvalue weighted by atomic mass is 10.0. The third-order valence-corrected chi connectivity index (χ3v) is 5.69. The van der Waals surface area contributed by atoms with Gasteiger partial charge in [0, 0.05) is 26.2 Å². The molecule has 8 heteroatoms. The lowest BCUT2D eigenvalue weighted by Gasteiger charge is -2.16. The number of unbranched alkanes of at least 4 members (excludes halogenated alkanes) is 10. The average Bonchev–Trinajstić information content (AvgIpc) is 2.81. The highest BCUT2D eigenvalue weighted by Gasteiger charge is 2.19. The molecule has 0 rings (SSSR count). The van der Waals surface area contributed by atoms with Crippen LogP contribution in [0, 0.1) is 5.92 Å². The second kappa shape index (κ2) is 23.2. The first-order valence-corrected chi connectivity index (χ1v) is 13.2. The minimum Gasteiger partial charge on any atom is -0.469 e. The first-order valence-electron chi connectivity index (χ1n) is 13.2. The van der Waals surface area contributed by atoms with Crippen LogP contribution in [0.15, 0.2) is 0 Å². The third-order valence-electron chi connectivity index (χ3n) is 5.69. The molecule has 0 aromatic rings. The van der Waals surface area contributed by atoms with Gasteiger partial charge in [-0.05, 0) is 25.7 Å². The molecule has 194 valence electrons. The summed E-state index contributed by atoms with van der Waals surface area (Å²) in [6.07, 6.45) is 15.3. The molecule has 0 heterocycles. The summed E-state index contributed by atoms with van der Waals surface area (Å²) >= 11 is 0. The molecule has 0 aliphatic carbocycles. The van der Waals surface area contributed by atoms with E-state index in [0.29, 0.717) is 32.5 Å². The summed E-state index contributed by atoms with van der Waals surface area (Å²) in [5, 5.41) is 11.3. The van der Waals surface area contributed by atoms with E-state index in [-0.39, 0.29) is 24.6 Å². The molecule has 0 aliphatic rings. The number of carbonyl (C=O) groups is 3. The van der Waals surface area contributed by atoms with Gasteiger partial charge in [0.15, 0.2) is 0 Å². The maximum Gasteiger partial charge on any atom is 0.314 e. The van der Waals surface area contributed by atoms with Gasteiger partial charge in [0.05, 0.1) is 13.0 Å². The van der Waals surface area contributed by atoms with Crippen LogP contribution in [0.4, 0.5) is 9.59 Å². The molecule has 0 aromatic carbocycles. The van der Waals surface area contributed by atoms with Crippen molar-refractivity contribution < 1.29 is 19.1 Å². The molecule has 0 saturated heterocycles. The number of nitrogens with one attached hydrogen (secondary N) is 4. The molecule has 8 nitrogen and oxygen atoms in total. The minimum absolute atomic E-state index is 0.176. The van der Waals surface area contributed by atoms with E-state index in [2.05, 4.69) is 35.1 Å². The molecule has 33 heavy (non-hydrogen) atoms. The first kappa shape index (κ1) is 31.0. The van der Waals surface area contributed by atoms with E-state index in [1.165, 1.54) is 58.5 Å². The molecule has 0 fully saturated rings. The Labute approximate surface area is 201 Å². The summed E-state index contributed by atoms with van der Waals surface area (Å²) in [5.41, 5.74) is 0. The van der Waals surface area contributed by atoms with Crippen LogP contribution in [0.2, 0.25) is 0 Å². The van der Waals surface area contributed by atoms with Crippen molar-refractivity contribution in [2.75, 3.05) is 33.3 Å². The number of methoxy groups -OCH3 is 1. The van der Waals surface area contributed by atoms with Crippen LogP contribution in [-0.4, -0.2) is 51.3 Å². The normalized spacial score (nSPS) is 11.5. The average molecular weight is 471 g/mol. The zero-order chi connectivity index (χ0) is 24.6. The standard InChI is InChI=1S/C25H50N4O4/c1-4-6-8-10-12-14-18-26-24(31)28-20-16-17-22(23(30)33-3)21-29-25(32)27-19-15-13-11-9-7-5-2/h22H,4-21H2,1-3H3,(H2,26,28,31)(H2,27,29,32). The highest BCUT2D eigenvalue weighted by molar-refractivity contribution is 5.76. The Morgan fingerprint density at radius 1 is 0.606 bits per heavy atom. The van der Waals surface area contributed by atoms with Crippen molar-refractivity contribution in [3.05, 3.63) is 0 Å². The number of esters is 1. The van der Waals surface area contributed by atoms with Gasteiger partial charge in [0.25, 0.3) is 0 Å². The van der Waals surface area contributed by atoms with E-state index in [0.717, 1.165) is 25.7 Å². The number of hydrogen-bond acceptors (Lipinski definition) is 4. The Balaban J connectivity index is 3.88. The lowest BCUT2D eigenvalue weighted by Crippen LogP contribution is -2.41. The van der Waals surface area contributed by atoms with E-state index in [9.17, 15) is 14.4 Å². The number of rotatable bonds is 21. The molecular weight excluding hydrogens is 420 g/mol. The van der Waals surface area contributed by atoms with E-state index < -0.39 is 5.92 Å². The summed E-state index contributed by atoms with van der Waals surface area (Å²) in [5.74, 6) is -0.776. The number of hydrogen-bond donors (Lipinski definition) is 4. The summed E-state index contributed by atoms with van der Waals surface area (Å²) in [7, 11) is 1.35. The van der Waals surface area contributed by atoms with Gasteiger partial charge in [-0.25, -0.2) is 9.59 Å². The zero-order valence-corrected chi connectivity index (χ0v) is 21.4. The molecule has 4 amide bonds. The summed E-state index contributed by atoms with van der Waals surface area (Å²) in [6, 6.07) is -0.435. The Morgan fingerprint density at radius 2 is 1.03 bits per heavy atom. The number of amides is 4. The van der Waals surface area contributed by atoms with Gasteiger partial charge in [-0.2, -0.15) is 0 Å². The van der Waals surface area contributed by atoms with Crippen LogP contribution < -0.4 is 21.3 Å². The van der Waals surface area contributed by atoms with E-state index >= 15 is 0 Å². The monoisotopic (exact) mass is 470 g/mol. The maximum absolute atomic E-state index is 12.0. The van der Waals surface area contributed by atoms with E-state index in [1.54, 1.807) is 0 Å². The summed E-state index contributed by atoms with van der Waals surface area (Å²) in [4.78, 5) is 35.8. The van der Waals surface area contributed by atoms with Gasteiger partial charge in [-0.3, -0.25) is 4.79 Å². The number of ether oxygens (including phenoxy) is 1. The van der Waals surface area contributed by atoms with Gasteiger partial charge in [-0.15, -0.1) is 0 Å². The predicted molar refractivity (Wildman–Crippen MR) is 134 cm³/mol. The summed E-state index contributed by atoms with van der Waals surface area (Å²) < 4.78 is 4.86. The quantitative estimate of drug-likeness (QED) is 0.142. The molecule has 1 atom stereocenters. The SMILES string of the molecule is CCCCCCCCNC(=O)NCCCC(CNC(=O)NCCCCCCCC)C(=O)OC. The van der Waals surface area contributed by atoms with Crippen molar-refractivity contribution in [2.24, 2.45) is 5.92 Å². The Hall–Kier alpha value is -1.99. The molecule has 0 saturated carbocycles. The van der Waals surface area contributed by atoms with Crippen molar-refractivity contribution in [1.82, 2.24) is 21.3 Å². The van der Waals surface area contributed by atoms with Gasteiger partial charge in [-0.1, -0.05) is 78.1 Å². The molecule has 0 bridgehead atoms. The Morgan fingerprint density at radius 3 is 1.52 bits per heavy atom. The predicted octanol–water partition coefficient (Wildman–Crippen LogP) is 4.88. The van der Waals surface area contributed by atoms with Crippen molar-refractivity contribution in [3.63, 3.8) is 0 Å². The molecular formula is C25H50N4O4. The lowest BCUT2D eigenvalue weighted by molar-refractivity contribution is -0.145. The molecule has 0 radical (unpaired) electrons. The first-order chi connectivity index (χ1) is 16.0. The summed E-state index contributed by atoms with van der Waals surface area (Å²) in [6.45, 7) is 6.40. The highest BCUT2D eigenvalue weighted by atomic mass is 16.5. The largest absolute Gasteiger partial charge is 0.469 e. The highest BCUT2D eigenvalue weighted by Crippen LogP contribution is 2.08.